The van der Waals surface area contributed by atoms with E-state index in [1.807, 2.05) is 0 Å². The molecule has 2 nitrogen and oxygen atoms in total. The van der Waals surface area contributed by atoms with Crippen LogP contribution in [0.2, 0.25) is 0 Å². The predicted octanol–water partition coefficient (Wildman–Crippen LogP) is 7.91. The summed E-state index contributed by atoms with van der Waals surface area (Å²) in [5, 5.41) is 15.9. The molecule has 0 fully saturated rings. The lowest BCUT2D eigenvalue weighted by atomic mass is 9.92. The van der Waals surface area contributed by atoms with E-state index in [0.717, 1.165) is 18.4 Å². The smallest absolute Gasteiger partial charge is 0.0796 e. The second kappa shape index (κ2) is 13.7. The van der Waals surface area contributed by atoms with E-state index in [-0.39, 0.29) is 12.4 Å². The first-order valence-corrected chi connectivity index (χ1v) is 12.1. The molecule has 3 aromatic rings. The quantitative estimate of drug-likeness (QED) is 0.215. The first kappa shape index (κ1) is 25.6. The molecule has 0 heterocycles. The highest BCUT2D eigenvalue weighted by Crippen LogP contribution is 2.33. The molecule has 0 aliphatic carbocycles. The molecule has 1 unspecified atom stereocenters. The summed E-state index contributed by atoms with van der Waals surface area (Å²) in [5.74, 6) is 0. The molecular formula is C28H40ClNO. The summed E-state index contributed by atoms with van der Waals surface area (Å²) in [6.45, 7) is 8.23. The van der Waals surface area contributed by atoms with Gasteiger partial charge in [0.2, 0.25) is 0 Å². The van der Waals surface area contributed by atoms with Gasteiger partial charge in [-0.15, -0.1) is 12.4 Å². The van der Waals surface area contributed by atoms with Crippen LogP contribution in [0.15, 0.2) is 54.6 Å². The molecule has 0 amide bonds. The number of halogens is 1. The zero-order valence-corrected chi connectivity index (χ0v) is 20.2. The zero-order valence-electron chi connectivity index (χ0n) is 19.4. The SMILES string of the molecule is CCCCN(CCCC)CCCCCC(O)c1cc2ccccc2c2ccccc12.Cl. The van der Waals surface area contributed by atoms with Crippen LogP contribution in [0.1, 0.15) is 76.9 Å². The Morgan fingerprint density at radius 1 is 0.710 bits per heavy atom. The molecule has 1 atom stereocenters. The minimum atomic E-state index is -0.393. The fourth-order valence-electron chi connectivity index (χ4n) is 4.46. The second-order valence-corrected chi connectivity index (χ2v) is 8.65. The number of benzene rings is 3. The number of rotatable bonds is 13. The maximum atomic E-state index is 11.0. The molecule has 3 heteroatoms. The van der Waals surface area contributed by atoms with E-state index in [0.29, 0.717) is 0 Å². The van der Waals surface area contributed by atoms with Crippen molar-refractivity contribution < 1.29 is 5.11 Å². The van der Waals surface area contributed by atoms with Gasteiger partial charge in [0, 0.05) is 0 Å². The van der Waals surface area contributed by atoms with Crippen molar-refractivity contribution in [1.29, 1.82) is 0 Å². The van der Waals surface area contributed by atoms with Gasteiger partial charge in [0.25, 0.3) is 0 Å². The molecule has 1 N–H and O–H groups in total. The average Bonchev–Trinajstić information content (AvgIpc) is 2.79. The summed E-state index contributed by atoms with van der Waals surface area (Å²) >= 11 is 0. The summed E-state index contributed by atoms with van der Waals surface area (Å²) in [6.07, 6.45) is 9.11. The van der Waals surface area contributed by atoms with Crippen molar-refractivity contribution in [2.24, 2.45) is 0 Å². The van der Waals surface area contributed by atoms with Crippen molar-refractivity contribution in [1.82, 2.24) is 4.90 Å². The number of aliphatic hydroxyl groups is 1. The Morgan fingerprint density at radius 3 is 1.97 bits per heavy atom. The average molecular weight is 442 g/mol. The minimum Gasteiger partial charge on any atom is -0.388 e. The highest BCUT2D eigenvalue weighted by Gasteiger charge is 2.13. The van der Waals surface area contributed by atoms with E-state index in [4.69, 9.17) is 0 Å². The molecule has 0 saturated heterocycles. The Kier molecular flexibility index (Phi) is 11.4. The van der Waals surface area contributed by atoms with E-state index in [2.05, 4.69) is 73.3 Å². The number of nitrogens with zero attached hydrogens (tertiary/aromatic N) is 1. The molecule has 0 spiro atoms. The fourth-order valence-corrected chi connectivity index (χ4v) is 4.46. The summed E-state index contributed by atoms with van der Waals surface area (Å²) in [5.41, 5.74) is 1.08. The fraction of sp³-hybridized carbons (Fsp3) is 0.500. The highest BCUT2D eigenvalue weighted by molar-refractivity contribution is 6.09. The number of hydrogen-bond donors (Lipinski definition) is 1. The van der Waals surface area contributed by atoms with Gasteiger partial charge < -0.3 is 10.0 Å². The van der Waals surface area contributed by atoms with E-state index >= 15 is 0 Å². The maximum absolute atomic E-state index is 11.0. The van der Waals surface area contributed by atoms with Gasteiger partial charge in [0.1, 0.15) is 0 Å². The number of hydrogen-bond acceptors (Lipinski definition) is 2. The predicted molar refractivity (Wildman–Crippen MR) is 138 cm³/mol. The van der Waals surface area contributed by atoms with Gasteiger partial charge in [-0.25, -0.2) is 0 Å². The van der Waals surface area contributed by atoms with E-state index in [1.54, 1.807) is 0 Å². The van der Waals surface area contributed by atoms with Crippen LogP contribution < -0.4 is 0 Å². The van der Waals surface area contributed by atoms with Crippen molar-refractivity contribution in [3.63, 3.8) is 0 Å². The lowest BCUT2D eigenvalue weighted by Gasteiger charge is -2.22. The van der Waals surface area contributed by atoms with Gasteiger partial charge >= 0.3 is 0 Å². The lowest BCUT2D eigenvalue weighted by molar-refractivity contribution is 0.164. The van der Waals surface area contributed by atoms with Crippen molar-refractivity contribution >= 4 is 34.0 Å². The molecule has 0 aliphatic heterocycles. The molecular weight excluding hydrogens is 402 g/mol. The summed E-state index contributed by atoms with van der Waals surface area (Å²) in [4.78, 5) is 2.64. The molecule has 0 aromatic heterocycles. The normalized spacial score (nSPS) is 12.4. The van der Waals surface area contributed by atoms with Gasteiger partial charge in [-0.1, -0.05) is 88.1 Å². The first-order valence-electron chi connectivity index (χ1n) is 12.1. The number of fused-ring (bicyclic) bond motifs is 3. The van der Waals surface area contributed by atoms with Crippen LogP contribution in [-0.2, 0) is 0 Å². The Balaban J connectivity index is 0.00000341. The molecule has 3 rings (SSSR count). The Bertz CT molecular complexity index is 902. The minimum absolute atomic E-state index is 0. The topological polar surface area (TPSA) is 23.5 Å². The van der Waals surface area contributed by atoms with Crippen LogP contribution in [0.5, 0.6) is 0 Å². The molecule has 0 aliphatic rings. The van der Waals surface area contributed by atoms with Gasteiger partial charge in [-0.05, 0) is 78.5 Å². The van der Waals surface area contributed by atoms with Crippen molar-refractivity contribution in [2.45, 2.75) is 71.3 Å². The van der Waals surface area contributed by atoms with Crippen LogP contribution in [0.4, 0.5) is 0 Å². The van der Waals surface area contributed by atoms with Crippen LogP contribution >= 0.6 is 12.4 Å². The van der Waals surface area contributed by atoms with Crippen LogP contribution in [0.25, 0.3) is 21.5 Å². The zero-order chi connectivity index (χ0) is 21.2. The van der Waals surface area contributed by atoms with E-state index < -0.39 is 6.10 Å². The Labute approximate surface area is 195 Å². The monoisotopic (exact) mass is 441 g/mol. The maximum Gasteiger partial charge on any atom is 0.0796 e. The molecule has 3 aromatic carbocycles. The van der Waals surface area contributed by atoms with Gasteiger partial charge in [0.05, 0.1) is 6.10 Å². The lowest BCUT2D eigenvalue weighted by Crippen LogP contribution is -2.27. The Hall–Kier alpha value is -1.61. The molecule has 170 valence electrons. The molecule has 31 heavy (non-hydrogen) atoms. The van der Waals surface area contributed by atoms with Gasteiger partial charge in [-0.3, -0.25) is 0 Å². The van der Waals surface area contributed by atoms with E-state index in [9.17, 15) is 5.11 Å². The number of unbranched alkanes of at least 4 members (excludes halogenated alkanes) is 4. The van der Waals surface area contributed by atoms with Crippen molar-refractivity contribution in [2.75, 3.05) is 19.6 Å². The number of aliphatic hydroxyl groups excluding tert-OH is 1. The van der Waals surface area contributed by atoms with Gasteiger partial charge in [-0.2, -0.15) is 0 Å². The van der Waals surface area contributed by atoms with Crippen molar-refractivity contribution in [3.05, 3.63) is 60.2 Å². The van der Waals surface area contributed by atoms with Crippen LogP contribution in [0, 0.1) is 0 Å². The molecule has 0 radical (unpaired) electrons. The van der Waals surface area contributed by atoms with Crippen molar-refractivity contribution in [3.8, 4) is 0 Å². The summed E-state index contributed by atoms with van der Waals surface area (Å²) < 4.78 is 0. The molecule has 0 saturated carbocycles. The van der Waals surface area contributed by atoms with Crippen LogP contribution in [-0.4, -0.2) is 29.6 Å². The summed E-state index contributed by atoms with van der Waals surface area (Å²) in [7, 11) is 0. The first-order chi connectivity index (χ1) is 14.7. The standard InChI is InChI=1S/C28H39NO.ClH/c1-3-5-19-29(20-6-4-2)21-13-7-8-18-28(30)27-22-23-14-9-10-15-24(23)25-16-11-12-17-26(25)27;/h9-12,14-17,22,28,30H,3-8,13,18-21H2,1-2H3;1H. The van der Waals surface area contributed by atoms with E-state index in [1.165, 1.54) is 79.7 Å². The van der Waals surface area contributed by atoms with Gasteiger partial charge in [0.15, 0.2) is 0 Å². The third-order valence-corrected chi connectivity index (χ3v) is 6.27. The highest BCUT2D eigenvalue weighted by atomic mass is 35.5. The van der Waals surface area contributed by atoms with Crippen LogP contribution in [0.3, 0.4) is 0 Å². The second-order valence-electron chi connectivity index (χ2n) is 8.65. The molecule has 0 bridgehead atoms. The summed E-state index contributed by atoms with van der Waals surface area (Å²) in [6, 6.07) is 19.2. The Morgan fingerprint density at radius 2 is 1.29 bits per heavy atom. The third-order valence-electron chi connectivity index (χ3n) is 6.27. The third kappa shape index (κ3) is 7.20. The largest absolute Gasteiger partial charge is 0.388 e.